The largest absolute Gasteiger partial charge is 0.369 e. The van der Waals surface area contributed by atoms with Crippen LogP contribution in [0.4, 0.5) is 5.82 Å². The number of nitrogens with zero attached hydrogens (tertiary/aromatic N) is 4. The van der Waals surface area contributed by atoms with Crippen molar-refractivity contribution < 1.29 is 0 Å². The van der Waals surface area contributed by atoms with Crippen LogP contribution in [0, 0.1) is 19.3 Å². The van der Waals surface area contributed by atoms with Crippen molar-refractivity contribution in [2.45, 2.75) is 33.2 Å². The molecule has 1 saturated carbocycles. The maximum atomic E-state index is 4.55. The lowest BCUT2D eigenvalue weighted by Crippen LogP contribution is -2.23. The van der Waals surface area contributed by atoms with Crippen LogP contribution in [0.1, 0.15) is 24.2 Å². The number of aromatic nitrogens is 4. The molecule has 2 aromatic rings. The molecule has 0 unspecified atom stereocenters. The van der Waals surface area contributed by atoms with Crippen molar-refractivity contribution >= 4 is 5.82 Å². The van der Waals surface area contributed by atoms with Gasteiger partial charge in [0.25, 0.3) is 0 Å². The third-order valence-corrected chi connectivity index (χ3v) is 3.77. The molecule has 0 aromatic carbocycles. The van der Waals surface area contributed by atoms with E-state index in [1.165, 1.54) is 18.5 Å². The van der Waals surface area contributed by atoms with Gasteiger partial charge in [-0.15, -0.1) is 0 Å². The van der Waals surface area contributed by atoms with E-state index in [9.17, 15) is 0 Å². The Morgan fingerprint density at radius 1 is 1.37 bits per heavy atom. The minimum Gasteiger partial charge on any atom is -0.369 e. The Bertz CT molecular complexity index is 556. The Kier molecular flexibility index (Phi) is 2.97. The maximum absolute atomic E-state index is 4.55. The van der Waals surface area contributed by atoms with Crippen molar-refractivity contribution in [1.29, 1.82) is 0 Å². The molecule has 0 aliphatic heterocycles. The Morgan fingerprint density at radius 3 is 2.79 bits per heavy atom. The highest BCUT2D eigenvalue weighted by atomic mass is 15.3. The predicted octanol–water partition coefficient (Wildman–Crippen LogP) is 2.18. The lowest BCUT2D eigenvalue weighted by molar-refractivity contribution is 0.409. The summed E-state index contributed by atoms with van der Waals surface area (Å²) in [5.41, 5.74) is 2.68. The highest BCUT2D eigenvalue weighted by Crippen LogP contribution is 2.47. The zero-order chi connectivity index (χ0) is 13.3. The molecule has 2 heterocycles. The van der Waals surface area contributed by atoms with Crippen molar-refractivity contribution in [3.8, 4) is 0 Å². The first-order chi connectivity index (χ1) is 9.17. The summed E-state index contributed by atoms with van der Waals surface area (Å²) in [5, 5.41) is 7.96. The molecule has 0 spiro atoms. The van der Waals surface area contributed by atoms with Gasteiger partial charge in [0, 0.05) is 30.4 Å². The van der Waals surface area contributed by atoms with Crippen LogP contribution in [0.2, 0.25) is 0 Å². The number of hydrogen-bond donors (Lipinski definition) is 1. The summed E-state index contributed by atoms with van der Waals surface area (Å²) < 4.78 is 2.13. The van der Waals surface area contributed by atoms with E-state index in [-0.39, 0.29) is 0 Å². The second kappa shape index (κ2) is 4.64. The molecular weight excluding hydrogens is 238 g/mol. The van der Waals surface area contributed by atoms with Gasteiger partial charge in [0.1, 0.15) is 12.1 Å². The quantitative estimate of drug-likeness (QED) is 0.892. The first-order valence-electron chi connectivity index (χ1n) is 6.68. The van der Waals surface area contributed by atoms with Gasteiger partial charge in [0.05, 0.1) is 5.69 Å². The topological polar surface area (TPSA) is 55.6 Å². The highest BCUT2D eigenvalue weighted by molar-refractivity contribution is 5.32. The molecule has 0 amide bonds. The Labute approximate surface area is 113 Å². The van der Waals surface area contributed by atoms with Gasteiger partial charge in [-0.1, -0.05) is 0 Å². The first-order valence-corrected chi connectivity index (χ1v) is 6.68. The van der Waals surface area contributed by atoms with E-state index in [2.05, 4.69) is 38.1 Å². The van der Waals surface area contributed by atoms with Gasteiger partial charge in [-0.3, -0.25) is 4.68 Å². The van der Waals surface area contributed by atoms with E-state index >= 15 is 0 Å². The molecule has 19 heavy (non-hydrogen) atoms. The molecule has 0 saturated heterocycles. The molecule has 1 aliphatic carbocycles. The predicted molar refractivity (Wildman–Crippen MR) is 73.9 cm³/mol. The second-order valence-corrected chi connectivity index (χ2v) is 5.53. The summed E-state index contributed by atoms with van der Waals surface area (Å²) >= 11 is 0. The van der Waals surface area contributed by atoms with Crippen LogP contribution in [-0.4, -0.2) is 26.3 Å². The van der Waals surface area contributed by atoms with Crippen LogP contribution in [0.5, 0.6) is 0 Å². The van der Waals surface area contributed by atoms with E-state index in [1.54, 1.807) is 12.5 Å². The smallest absolute Gasteiger partial charge is 0.129 e. The molecule has 2 aromatic heterocycles. The summed E-state index contributed by atoms with van der Waals surface area (Å²) in [6, 6.07) is 4.04. The van der Waals surface area contributed by atoms with Gasteiger partial charge in [0.15, 0.2) is 0 Å². The number of rotatable bonds is 5. The van der Waals surface area contributed by atoms with Gasteiger partial charge in [-0.05, 0) is 38.8 Å². The molecule has 5 nitrogen and oxygen atoms in total. The summed E-state index contributed by atoms with van der Waals surface area (Å²) in [4.78, 5) is 8.12. The molecule has 1 N–H and O–H groups in total. The Hall–Kier alpha value is -1.91. The molecular formula is C14H19N5. The van der Waals surface area contributed by atoms with Crippen molar-refractivity contribution in [2.24, 2.45) is 5.41 Å². The van der Waals surface area contributed by atoms with Crippen LogP contribution in [-0.2, 0) is 6.54 Å². The number of nitrogens with one attached hydrogen (secondary N) is 1. The standard InChI is InChI=1S/C14H19N5/c1-11-7-12(2)19(18-11)9-14(4-5-14)8-16-13-3-6-15-10-17-13/h3,6-7,10H,4-5,8-9H2,1-2H3,(H,15,16,17). The fraction of sp³-hybridized carbons (Fsp3) is 0.500. The van der Waals surface area contributed by atoms with Crippen LogP contribution >= 0.6 is 0 Å². The van der Waals surface area contributed by atoms with E-state index in [0.717, 1.165) is 24.6 Å². The SMILES string of the molecule is Cc1cc(C)n(CC2(CNc3ccncn3)CC2)n1. The average molecular weight is 257 g/mol. The fourth-order valence-corrected chi connectivity index (χ4v) is 2.39. The summed E-state index contributed by atoms with van der Waals surface area (Å²) in [6.07, 6.45) is 5.84. The lowest BCUT2D eigenvalue weighted by Gasteiger charge is -2.17. The molecule has 0 bridgehead atoms. The van der Waals surface area contributed by atoms with E-state index in [1.807, 2.05) is 13.0 Å². The minimum atomic E-state index is 0.341. The van der Waals surface area contributed by atoms with Crippen LogP contribution < -0.4 is 5.32 Å². The summed E-state index contributed by atoms with van der Waals surface area (Å²) in [6.45, 7) is 6.10. The molecule has 5 heteroatoms. The van der Waals surface area contributed by atoms with Gasteiger partial charge < -0.3 is 5.32 Å². The fourth-order valence-electron chi connectivity index (χ4n) is 2.39. The van der Waals surface area contributed by atoms with Gasteiger partial charge in [0.2, 0.25) is 0 Å². The van der Waals surface area contributed by atoms with Crippen LogP contribution in [0.25, 0.3) is 0 Å². The summed E-state index contributed by atoms with van der Waals surface area (Å²) in [7, 11) is 0. The van der Waals surface area contributed by atoms with Crippen molar-refractivity contribution in [3.63, 3.8) is 0 Å². The summed E-state index contributed by atoms with van der Waals surface area (Å²) in [5.74, 6) is 0.898. The zero-order valence-electron chi connectivity index (χ0n) is 11.4. The van der Waals surface area contributed by atoms with Gasteiger partial charge >= 0.3 is 0 Å². The molecule has 0 radical (unpaired) electrons. The molecule has 0 atom stereocenters. The minimum absolute atomic E-state index is 0.341. The first kappa shape index (κ1) is 12.1. The van der Waals surface area contributed by atoms with E-state index < -0.39 is 0 Å². The number of hydrogen-bond acceptors (Lipinski definition) is 4. The van der Waals surface area contributed by atoms with Gasteiger partial charge in [-0.2, -0.15) is 5.10 Å². The zero-order valence-corrected chi connectivity index (χ0v) is 11.4. The van der Waals surface area contributed by atoms with Crippen molar-refractivity contribution in [2.75, 3.05) is 11.9 Å². The van der Waals surface area contributed by atoms with E-state index in [0.29, 0.717) is 5.41 Å². The lowest BCUT2D eigenvalue weighted by atomic mass is 10.1. The third kappa shape index (κ3) is 2.75. The Balaban J connectivity index is 1.63. The molecule has 3 rings (SSSR count). The number of aryl methyl sites for hydroxylation is 2. The average Bonchev–Trinajstić information content (AvgIpc) is 3.10. The molecule has 1 aliphatic rings. The maximum Gasteiger partial charge on any atom is 0.129 e. The molecule has 100 valence electrons. The van der Waals surface area contributed by atoms with Crippen LogP contribution in [0.15, 0.2) is 24.7 Å². The van der Waals surface area contributed by atoms with Crippen molar-refractivity contribution in [3.05, 3.63) is 36.0 Å². The normalized spacial score (nSPS) is 16.3. The van der Waals surface area contributed by atoms with Crippen molar-refractivity contribution in [1.82, 2.24) is 19.7 Å². The third-order valence-electron chi connectivity index (χ3n) is 3.77. The highest BCUT2D eigenvalue weighted by Gasteiger charge is 2.43. The monoisotopic (exact) mass is 257 g/mol. The van der Waals surface area contributed by atoms with E-state index in [4.69, 9.17) is 0 Å². The van der Waals surface area contributed by atoms with Gasteiger partial charge in [-0.25, -0.2) is 9.97 Å². The van der Waals surface area contributed by atoms with Crippen LogP contribution in [0.3, 0.4) is 0 Å². The number of anilines is 1. The second-order valence-electron chi connectivity index (χ2n) is 5.53. The Morgan fingerprint density at radius 2 is 2.21 bits per heavy atom. The molecule has 1 fully saturated rings.